The molecule has 3 rings (SSSR count). The molecule has 0 atom stereocenters. The van der Waals surface area contributed by atoms with Crippen molar-refractivity contribution in [2.45, 2.75) is 0 Å². The number of aromatic nitrogens is 2. The highest BCUT2D eigenvalue weighted by molar-refractivity contribution is 6.99. The molecule has 0 aliphatic rings. The van der Waals surface area contributed by atoms with E-state index in [-0.39, 0.29) is 0 Å². The van der Waals surface area contributed by atoms with Crippen LogP contribution in [0.4, 0.5) is 5.82 Å². The van der Waals surface area contributed by atoms with Crippen molar-refractivity contribution in [3.05, 3.63) is 42.5 Å². The van der Waals surface area contributed by atoms with E-state index in [0.717, 1.165) is 23.0 Å². The zero-order valence-electron chi connectivity index (χ0n) is 8.42. The topological polar surface area (TPSA) is 51.8 Å². The Morgan fingerprint density at radius 1 is 0.938 bits per heavy atom. The fourth-order valence-corrected chi connectivity index (χ4v) is 2.23. The third kappa shape index (κ3) is 1.44. The Morgan fingerprint density at radius 3 is 2.50 bits per heavy atom. The van der Waals surface area contributed by atoms with Gasteiger partial charge in [-0.25, -0.2) is 0 Å². The van der Waals surface area contributed by atoms with Gasteiger partial charge in [-0.3, -0.25) is 0 Å². The highest BCUT2D eigenvalue weighted by Crippen LogP contribution is 2.26. The number of nitrogens with two attached hydrogens (primary N) is 1. The van der Waals surface area contributed by atoms with Gasteiger partial charge in [0, 0.05) is 5.56 Å². The molecule has 0 fully saturated rings. The molecule has 16 heavy (non-hydrogen) atoms. The molecule has 0 aliphatic heterocycles. The first-order valence-corrected chi connectivity index (χ1v) is 5.65. The van der Waals surface area contributed by atoms with Gasteiger partial charge in [0.25, 0.3) is 0 Å². The van der Waals surface area contributed by atoms with Crippen molar-refractivity contribution < 1.29 is 0 Å². The Balaban J connectivity index is 2.23. The molecule has 3 nitrogen and oxygen atoms in total. The highest BCUT2D eigenvalue weighted by atomic mass is 32.1. The third-order valence-corrected chi connectivity index (χ3v) is 3.08. The summed E-state index contributed by atoms with van der Waals surface area (Å²) in [5.74, 6) is 0.500. The summed E-state index contributed by atoms with van der Waals surface area (Å²) in [6.07, 6.45) is 0. The lowest BCUT2D eigenvalue weighted by Crippen LogP contribution is -1.88. The maximum absolute atomic E-state index is 5.75. The molecule has 2 N–H and O–H groups in total. The van der Waals surface area contributed by atoms with E-state index in [2.05, 4.69) is 33.0 Å². The second kappa shape index (κ2) is 3.57. The molecule has 0 saturated heterocycles. The second-order valence-electron chi connectivity index (χ2n) is 3.56. The zero-order valence-corrected chi connectivity index (χ0v) is 9.24. The molecule has 0 aliphatic carbocycles. The lowest BCUT2D eigenvalue weighted by molar-refractivity contribution is 1.50. The number of fused-ring (bicyclic) bond motifs is 1. The zero-order chi connectivity index (χ0) is 11.0. The van der Waals surface area contributed by atoms with Gasteiger partial charge < -0.3 is 5.73 Å². The Hall–Kier alpha value is -1.94. The van der Waals surface area contributed by atoms with Crippen LogP contribution in [0, 0.1) is 0 Å². The smallest absolute Gasteiger partial charge is 0.165 e. The highest BCUT2D eigenvalue weighted by Gasteiger charge is 2.07. The van der Waals surface area contributed by atoms with Crippen molar-refractivity contribution in [2.24, 2.45) is 0 Å². The monoisotopic (exact) mass is 227 g/mol. The van der Waals surface area contributed by atoms with Crippen LogP contribution in [0.2, 0.25) is 0 Å². The molecule has 4 heteroatoms. The van der Waals surface area contributed by atoms with Crippen molar-refractivity contribution in [2.75, 3.05) is 5.73 Å². The van der Waals surface area contributed by atoms with Crippen LogP contribution in [0.15, 0.2) is 42.5 Å². The van der Waals surface area contributed by atoms with Crippen molar-refractivity contribution in [3.63, 3.8) is 0 Å². The normalized spacial score (nSPS) is 10.8. The summed E-state index contributed by atoms with van der Waals surface area (Å²) >= 11 is 1.14. The van der Waals surface area contributed by atoms with E-state index >= 15 is 0 Å². The van der Waals surface area contributed by atoms with Crippen LogP contribution in [-0.4, -0.2) is 8.75 Å². The van der Waals surface area contributed by atoms with E-state index in [1.165, 1.54) is 10.8 Å². The van der Waals surface area contributed by atoms with E-state index < -0.39 is 0 Å². The SMILES string of the molecule is Nc1nsnc1-c1ccc2ccccc2c1. The van der Waals surface area contributed by atoms with Gasteiger partial charge in [0.05, 0.1) is 11.7 Å². The molecule has 1 aromatic heterocycles. The van der Waals surface area contributed by atoms with Gasteiger partial charge in [-0.15, -0.1) is 0 Å². The molecule has 0 unspecified atom stereocenters. The van der Waals surface area contributed by atoms with E-state index in [9.17, 15) is 0 Å². The number of hydrogen-bond acceptors (Lipinski definition) is 4. The largest absolute Gasteiger partial charge is 0.381 e. The average Bonchev–Trinajstić information content (AvgIpc) is 2.75. The van der Waals surface area contributed by atoms with Crippen LogP contribution in [-0.2, 0) is 0 Å². The standard InChI is InChI=1S/C12H9N3S/c13-12-11(14-16-15-12)10-6-5-8-3-1-2-4-9(8)7-10/h1-7H,(H2,13,15). The first kappa shape index (κ1) is 9.30. The molecule has 0 amide bonds. The summed E-state index contributed by atoms with van der Waals surface area (Å²) in [6, 6.07) is 14.4. The third-order valence-electron chi connectivity index (χ3n) is 2.54. The second-order valence-corrected chi connectivity index (χ2v) is 4.09. The van der Waals surface area contributed by atoms with E-state index in [1.807, 2.05) is 18.2 Å². The molecular formula is C12H9N3S. The molecule has 0 spiro atoms. The maximum atomic E-state index is 5.75. The molecule has 1 heterocycles. The van der Waals surface area contributed by atoms with Crippen molar-refractivity contribution in [1.82, 2.24) is 8.75 Å². The maximum Gasteiger partial charge on any atom is 0.165 e. The number of hydrogen-bond donors (Lipinski definition) is 1. The van der Waals surface area contributed by atoms with Crippen LogP contribution in [0.25, 0.3) is 22.0 Å². The minimum Gasteiger partial charge on any atom is -0.381 e. The summed E-state index contributed by atoms with van der Waals surface area (Å²) in [5, 5.41) is 2.40. The first-order chi connectivity index (χ1) is 7.84. The quantitative estimate of drug-likeness (QED) is 0.695. The van der Waals surface area contributed by atoms with Crippen LogP contribution < -0.4 is 5.73 Å². The van der Waals surface area contributed by atoms with Gasteiger partial charge in [0.1, 0.15) is 5.69 Å². The molecule has 3 aromatic rings. The predicted octanol–water partition coefficient (Wildman–Crippen LogP) is 2.94. The van der Waals surface area contributed by atoms with Gasteiger partial charge in [-0.1, -0.05) is 36.4 Å². The number of rotatable bonds is 1. The average molecular weight is 227 g/mol. The van der Waals surface area contributed by atoms with Gasteiger partial charge in [0.15, 0.2) is 5.82 Å². The van der Waals surface area contributed by atoms with Crippen molar-refractivity contribution >= 4 is 28.3 Å². The van der Waals surface area contributed by atoms with Gasteiger partial charge >= 0.3 is 0 Å². The Labute approximate surface area is 96.9 Å². The van der Waals surface area contributed by atoms with Crippen LogP contribution >= 0.6 is 11.7 Å². The first-order valence-electron chi connectivity index (χ1n) is 4.92. The summed E-state index contributed by atoms with van der Waals surface area (Å²) in [5.41, 5.74) is 7.55. The number of anilines is 1. The summed E-state index contributed by atoms with van der Waals surface area (Å²) in [4.78, 5) is 0. The predicted molar refractivity (Wildman–Crippen MR) is 67.3 cm³/mol. The fraction of sp³-hybridized carbons (Fsp3) is 0. The van der Waals surface area contributed by atoms with Crippen LogP contribution in [0.5, 0.6) is 0 Å². The summed E-state index contributed by atoms with van der Waals surface area (Å²) in [6.45, 7) is 0. The number of nitrogens with zero attached hydrogens (tertiary/aromatic N) is 2. The van der Waals surface area contributed by atoms with Crippen LogP contribution in [0.3, 0.4) is 0 Å². The van der Waals surface area contributed by atoms with Gasteiger partial charge in [-0.2, -0.15) is 8.75 Å². The van der Waals surface area contributed by atoms with E-state index in [1.54, 1.807) is 0 Å². The summed E-state index contributed by atoms with van der Waals surface area (Å²) < 4.78 is 8.18. The molecular weight excluding hydrogens is 218 g/mol. The van der Waals surface area contributed by atoms with Gasteiger partial charge in [-0.05, 0) is 16.8 Å². The lowest BCUT2D eigenvalue weighted by atomic mass is 10.1. The van der Waals surface area contributed by atoms with E-state index in [0.29, 0.717) is 5.82 Å². The Bertz CT molecular complexity index is 645. The molecule has 0 radical (unpaired) electrons. The minimum atomic E-state index is 0.500. The van der Waals surface area contributed by atoms with Gasteiger partial charge in [0.2, 0.25) is 0 Å². The lowest BCUT2D eigenvalue weighted by Gasteiger charge is -2.01. The minimum absolute atomic E-state index is 0.500. The Morgan fingerprint density at radius 2 is 1.75 bits per heavy atom. The molecule has 2 aromatic carbocycles. The number of benzene rings is 2. The molecule has 78 valence electrons. The van der Waals surface area contributed by atoms with Crippen LogP contribution in [0.1, 0.15) is 0 Å². The molecule has 0 saturated carbocycles. The number of nitrogen functional groups attached to an aromatic ring is 1. The van der Waals surface area contributed by atoms with Crippen molar-refractivity contribution in [3.8, 4) is 11.3 Å². The van der Waals surface area contributed by atoms with E-state index in [4.69, 9.17) is 5.73 Å². The molecule has 0 bridgehead atoms. The summed E-state index contributed by atoms with van der Waals surface area (Å²) in [7, 11) is 0. The Kier molecular flexibility index (Phi) is 2.08. The van der Waals surface area contributed by atoms with Crippen molar-refractivity contribution in [1.29, 1.82) is 0 Å². The fourth-order valence-electron chi connectivity index (χ4n) is 1.73.